The van der Waals surface area contributed by atoms with Crippen molar-refractivity contribution in [3.63, 3.8) is 0 Å². The minimum absolute atomic E-state index is 0.214. The third-order valence-electron chi connectivity index (χ3n) is 1.36. The van der Waals surface area contributed by atoms with Gasteiger partial charge in [0.25, 0.3) is 0 Å². The van der Waals surface area contributed by atoms with Gasteiger partial charge in [0.15, 0.2) is 0 Å². The number of nitrogens with two attached hydrogens (primary N) is 1. The molecule has 70 valence electrons. The Kier molecular flexibility index (Phi) is 6.32. The minimum atomic E-state index is -0.479. The zero-order chi connectivity index (χ0) is 9.40. The summed E-state index contributed by atoms with van der Waals surface area (Å²) in [6.07, 6.45) is 1.57. The van der Waals surface area contributed by atoms with Crippen LogP contribution >= 0.6 is 0 Å². The van der Waals surface area contributed by atoms with Gasteiger partial charge in [-0.15, -0.1) is 0 Å². The van der Waals surface area contributed by atoms with Crippen LogP contribution in [0.3, 0.4) is 0 Å². The molecule has 0 radical (unpaired) electrons. The summed E-state index contributed by atoms with van der Waals surface area (Å²) < 4.78 is 4.65. The first-order chi connectivity index (χ1) is 5.70. The molecule has 1 unspecified atom stereocenters. The summed E-state index contributed by atoms with van der Waals surface area (Å²) in [5.74, 6) is -0.463. The molecule has 0 saturated heterocycles. The average molecular weight is 173 g/mol. The van der Waals surface area contributed by atoms with Crippen LogP contribution in [0.1, 0.15) is 12.8 Å². The van der Waals surface area contributed by atoms with Gasteiger partial charge in [0.05, 0.1) is 12.7 Å². The quantitative estimate of drug-likeness (QED) is 0.431. The lowest BCUT2D eigenvalue weighted by Crippen LogP contribution is -2.16. The van der Waals surface area contributed by atoms with Gasteiger partial charge in [-0.2, -0.15) is 0 Å². The molecule has 0 heterocycles. The molecule has 12 heavy (non-hydrogen) atoms. The van der Waals surface area contributed by atoms with Crippen molar-refractivity contribution in [2.24, 2.45) is 5.73 Å². The zero-order valence-corrected chi connectivity index (χ0v) is 7.03. The van der Waals surface area contributed by atoms with E-state index in [4.69, 9.17) is 10.8 Å². The van der Waals surface area contributed by atoms with Crippen molar-refractivity contribution >= 4 is 5.97 Å². The van der Waals surface area contributed by atoms with Gasteiger partial charge in [0.2, 0.25) is 0 Å². The predicted octanol–water partition coefficient (Wildman–Crippen LogP) is -0.185. The highest BCUT2D eigenvalue weighted by Crippen LogP contribution is 1.96. The third-order valence-corrected chi connectivity index (χ3v) is 1.36. The Morgan fingerprint density at radius 3 is 2.83 bits per heavy atom. The number of hydrogen-bond donors (Lipinski definition) is 2. The summed E-state index contributed by atoms with van der Waals surface area (Å²) >= 11 is 0. The molecule has 0 aliphatic rings. The van der Waals surface area contributed by atoms with Crippen LogP contribution < -0.4 is 5.73 Å². The van der Waals surface area contributed by atoms with E-state index in [0.29, 0.717) is 19.4 Å². The molecule has 0 aromatic heterocycles. The normalized spacial score (nSPS) is 12.2. The van der Waals surface area contributed by atoms with E-state index in [2.05, 4.69) is 11.3 Å². The SMILES string of the molecule is C=CC(=O)OCCC(O)CCN. The fraction of sp³-hybridized carbons (Fsp3) is 0.625. The van der Waals surface area contributed by atoms with E-state index < -0.39 is 12.1 Å². The largest absolute Gasteiger partial charge is 0.462 e. The highest BCUT2D eigenvalue weighted by atomic mass is 16.5. The topological polar surface area (TPSA) is 72.5 Å². The Balaban J connectivity index is 3.30. The molecule has 0 saturated carbocycles. The standard InChI is InChI=1S/C8H15NO3/c1-2-8(11)12-6-4-7(10)3-5-9/h2,7,10H,1,3-6,9H2. The fourth-order valence-corrected chi connectivity index (χ4v) is 0.691. The van der Waals surface area contributed by atoms with Gasteiger partial charge < -0.3 is 15.6 Å². The summed E-state index contributed by atoms with van der Waals surface area (Å²) in [5, 5.41) is 9.14. The van der Waals surface area contributed by atoms with Crippen molar-refractivity contribution in [1.82, 2.24) is 0 Å². The summed E-state index contributed by atoms with van der Waals surface area (Å²) in [7, 11) is 0. The monoisotopic (exact) mass is 173 g/mol. The molecule has 4 nitrogen and oxygen atoms in total. The van der Waals surface area contributed by atoms with Gasteiger partial charge in [-0.05, 0) is 13.0 Å². The number of carbonyl (C=O) groups is 1. The Bertz CT molecular complexity index is 147. The van der Waals surface area contributed by atoms with Crippen LogP contribution in [0.2, 0.25) is 0 Å². The molecule has 0 aromatic carbocycles. The maximum Gasteiger partial charge on any atom is 0.330 e. The predicted molar refractivity (Wildman–Crippen MR) is 45.5 cm³/mol. The molecule has 0 fully saturated rings. The number of ether oxygens (including phenoxy) is 1. The van der Waals surface area contributed by atoms with Crippen LogP contribution in [0.5, 0.6) is 0 Å². The maximum absolute atomic E-state index is 10.5. The first-order valence-corrected chi connectivity index (χ1v) is 3.88. The van der Waals surface area contributed by atoms with Gasteiger partial charge in [0, 0.05) is 12.5 Å². The van der Waals surface area contributed by atoms with Crippen LogP contribution in [0, 0.1) is 0 Å². The van der Waals surface area contributed by atoms with Crippen molar-refractivity contribution in [3.8, 4) is 0 Å². The lowest BCUT2D eigenvalue weighted by atomic mass is 10.2. The van der Waals surface area contributed by atoms with Gasteiger partial charge in [-0.1, -0.05) is 6.58 Å². The maximum atomic E-state index is 10.5. The number of aliphatic hydroxyl groups is 1. The number of hydrogen-bond acceptors (Lipinski definition) is 4. The van der Waals surface area contributed by atoms with Crippen LogP contribution in [0.15, 0.2) is 12.7 Å². The summed E-state index contributed by atoms with van der Waals surface area (Å²) in [5.41, 5.74) is 5.20. The van der Waals surface area contributed by atoms with E-state index in [-0.39, 0.29) is 6.61 Å². The number of rotatable bonds is 6. The zero-order valence-electron chi connectivity index (χ0n) is 7.03. The van der Waals surface area contributed by atoms with Crippen LogP contribution in [-0.4, -0.2) is 30.3 Å². The molecule has 4 heteroatoms. The lowest BCUT2D eigenvalue weighted by molar-refractivity contribution is -0.138. The summed E-state index contributed by atoms with van der Waals surface area (Å²) in [6.45, 7) is 3.89. The number of aliphatic hydroxyl groups excluding tert-OH is 1. The van der Waals surface area contributed by atoms with Crippen molar-refractivity contribution in [3.05, 3.63) is 12.7 Å². The van der Waals surface area contributed by atoms with Crippen molar-refractivity contribution in [2.45, 2.75) is 18.9 Å². The molecule has 0 aliphatic carbocycles. The van der Waals surface area contributed by atoms with Crippen molar-refractivity contribution in [2.75, 3.05) is 13.2 Å². The lowest BCUT2D eigenvalue weighted by Gasteiger charge is -2.07. The van der Waals surface area contributed by atoms with E-state index in [1.54, 1.807) is 0 Å². The summed E-state index contributed by atoms with van der Waals surface area (Å²) in [6, 6.07) is 0. The molecule has 0 bridgehead atoms. The smallest absolute Gasteiger partial charge is 0.330 e. The third kappa shape index (κ3) is 5.88. The summed E-state index contributed by atoms with van der Waals surface area (Å²) in [4.78, 5) is 10.5. The Morgan fingerprint density at radius 2 is 2.33 bits per heavy atom. The molecule has 3 N–H and O–H groups in total. The van der Waals surface area contributed by atoms with Gasteiger partial charge in [0.1, 0.15) is 0 Å². The van der Waals surface area contributed by atoms with Gasteiger partial charge >= 0.3 is 5.97 Å². The van der Waals surface area contributed by atoms with Crippen LogP contribution in [-0.2, 0) is 9.53 Å². The average Bonchev–Trinajstić information content (AvgIpc) is 2.04. The highest BCUT2D eigenvalue weighted by Gasteiger charge is 2.03. The Labute approximate surface area is 72.0 Å². The molecular formula is C8H15NO3. The second-order valence-corrected chi connectivity index (χ2v) is 2.39. The second kappa shape index (κ2) is 6.82. The number of esters is 1. The minimum Gasteiger partial charge on any atom is -0.462 e. The first kappa shape index (κ1) is 11.1. The number of carbonyl (C=O) groups excluding carboxylic acids is 1. The Hall–Kier alpha value is -0.870. The Morgan fingerprint density at radius 1 is 1.67 bits per heavy atom. The first-order valence-electron chi connectivity index (χ1n) is 3.88. The van der Waals surface area contributed by atoms with Gasteiger partial charge in [-0.25, -0.2) is 4.79 Å². The molecule has 0 aromatic rings. The van der Waals surface area contributed by atoms with E-state index in [0.717, 1.165) is 6.08 Å². The van der Waals surface area contributed by atoms with E-state index in [1.165, 1.54) is 0 Å². The fourth-order valence-electron chi connectivity index (χ4n) is 0.691. The van der Waals surface area contributed by atoms with Crippen LogP contribution in [0.4, 0.5) is 0 Å². The molecule has 0 rings (SSSR count). The molecule has 0 spiro atoms. The molecule has 0 amide bonds. The molecule has 1 atom stereocenters. The highest BCUT2D eigenvalue weighted by molar-refractivity contribution is 5.81. The van der Waals surface area contributed by atoms with E-state index in [9.17, 15) is 4.79 Å². The van der Waals surface area contributed by atoms with Crippen LogP contribution in [0.25, 0.3) is 0 Å². The molecule has 0 aliphatic heterocycles. The van der Waals surface area contributed by atoms with E-state index in [1.807, 2.05) is 0 Å². The van der Waals surface area contributed by atoms with Gasteiger partial charge in [-0.3, -0.25) is 0 Å². The van der Waals surface area contributed by atoms with Crippen molar-refractivity contribution < 1.29 is 14.6 Å². The van der Waals surface area contributed by atoms with E-state index >= 15 is 0 Å². The second-order valence-electron chi connectivity index (χ2n) is 2.39. The molecular weight excluding hydrogens is 158 g/mol. The van der Waals surface area contributed by atoms with Crippen molar-refractivity contribution in [1.29, 1.82) is 0 Å².